The first-order chi connectivity index (χ1) is 16.7. The molecule has 34 heavy (non-hydrogen) atoms. The summed E-state index contributed by atoms with van der Waals surface area (Å²) in [7, 11) is 0. The van der Waals surface area contributed by atoms with Gasteiger partial charge in [-0.05, 0) is 24.3 Å². The summed E-state index contributed by atoms with van der Waals surface area (Å²) >= 11 is 0. The van der Waals surface area contributed by atoms with Crippen molar-refractivity contribution < 1.29 is 19.0 Å². The van der Waals surface area contributed by atoms with Crippen LogP contribution < -0.4 is 9.47 Å². The molecule has 8 nitrogen and oxygen atoms in total. The first kappa shape index (κ1) is 22.2. The average Bonchev–Trinajstić information content (AvgIpc) is 3.26. The molecule has 5 rings (SSSR count). The van der Waals surface area contributed by atoms with Crippen molar-refractivity contribution in [3.8, 4) is 11.5 Å². The molecule has 8 heteroatoms. The largest absolute Gasteiger partial charge is 0.492 e. The Labute approximate surface area is 198 Å². The molecule has 2 aromatic heterocycles. The Morgan fingerprint density at radius 3 is 2.65 bits per heavy atom. The van der Waals surface area contributed by atoms with Crippen LogP contribution in [-0.2, 0) is 22.5 Å². The molecule has 0 aliphatic carbocycles. The number of aryl methyl sites for hydroxylation is 1. The van der Waals surface area contributed by atoms with Crippen LogP contribution in [0.15, 0.2) is 54.7 Å². The van der Waals surface area contributed by atoms with Gasteiger partial charge in [-0.3, -0.25) is 9.78 Å². The molecule has 4 aromatic rings. The van der Waals surface area contributed by atoms with E-state index in [2.05, 4.69) is 16.5 Å². The molecular weight excluding hydrogens is 432 g/mol. The fourth-order valence-electron chi connectivity index (χ4n) is 4.26. The second-order valence-corrected chi connectivity index (χ2v) is 8.15. The fourth-order valence-corrected chi connectivity index (χ4v) is 4.26. The van der Waals surface area contributed by atoms with Gasteiger partial charge in [0.1, 0.15) is 29.4 Å². The highest BCUT2D eigenvalue weighted by Gasteiger charge is 2.18. The Bertz CT molecular complexity index is 1280. The number of hydrogen-bond donors (Lipinski definition) is 0. The van der Waals surface area contributed by atoms with Crippen molar-refractivity contribution in [2.24, 2.45) is 0 Å². The van der Waals surface area contributed by atoms with Crippen molar-refractivity contribution >= 4 is 27.8 Å². The average molecular weight is 461 g/mol. The quantitative estimate of drug-likeness (QED) is 0.401. The number of fused-ring (bicyclic) bond motifs is 3. The number of ether oxygens (including phenoxy) is 3. The Morgan fingerprint density at radius 1 is 1.03 bits per heavy atom. The highest BCUT2D eigenvalue weighted by atomic mass is 16.5. The molecule has 0 N–H and O–H groups in total. The lowest BCUT2D eigenvalue weighted by molar-refractivity contribution is -0.137. The molecule has 0 saturated carbocycles. The molecule has 1 amide bonds. The molecule has 1 saturated heterocycles. The first-order valence-electron chi connectivity index (χ1n) is 11.7. The summed E-state index contributed by atoms with van der Waals surface area (Å²) < 4.78 is 19.3. The van der Waals surface area contributed by atoms with E-state index in [1.54, 1.807) is 11.1 Å². The van der Waals surface area contributed by atoms with Crippen LogP contribution in [0.5, 0.6) is 11.5 Å². The predicted molar refractivity (Wildman–Crippen MR) is 129 cm³/mol. The normalized spacial score (nSPS) is 14.0. The minimum Gasteiger partial charge on any atom is -0.492 e. The van der Waals surface area contributed by atoms with Gasteiger partial charge in [0.2, 0.25) is 0 Å². The van der Waals surface area contributed by atoms with Crippen LogP contribution in [-0.4, -0.2) is 64.9 Å². The number of hydrogen-bond acceptors (Lipinski definition) is 6. The van der Waals surface area contributed by atoms with Gasteiger partial charge in [0.05, 0.1) is 37.0 Å². The third-order valence-electron chi connectivity index (χ3n) is 5.99. The van der Waals surface area contributed by atoms with Gasteiger partial charge < -0.3 is 23.7 Å². The molecule has 0 radical (unpaired) electrons. The smallest absolute Gasteiger partial charge is 0.260 e. The van der Waals surface area contributed by atoms with E-state index < -0.39 is 0 Å². The van der Waals surface area contributed by atoms with Gasteiger partial charge in [-0.2, -0.15) is 0 Å². The maximum absolute atomic E-state index is 12.4. The number of imidazole rings is 1. The zero-order valence-electron chi connectivity index (χ0n) is 19.3. The summed E-state index contributed by atoms with van der Waals surface area (Å²) in [5.41, 5.74) is 2.70. The Morgan fingerprint density at radius 2 is 1.85 bits per heavy atom. The highest BCUT2D eigenvalue weighted by Crippen LogP contribution is 2.28. The van der Waals surface area contributed by atoms with Crippen molar-refractivity contribution in [3.05, 3.63) is 60.6 Å². The van der Waals surface area contributed by atoms with Crippen LogP contribution >= 0.6 is 0 Å². The second-order valence-electron chi connectivity index (χ2n) is 8.15. The third kappa shape index (κ3) is 4.68. The minimum atomic E-state index is -0.0316. The number of benzene rings is 2. The number of para-hydroxylation sites is 1. The van der Waals surface area contributed by atoms with Gasteiger partial charge in [0.15, 0.2) is 6.61 Å². The molecule has 1 aliphatic rings. The van der Waals surface area contributed by atoms with Crippen LogP contribution in [0.1, 0.15) is 12.7 Å². The van der Waals surface area contributed by atoms with Gasteiger partial charge in [0.25, 0.3) is 5.91 Å². The highest BCUT2D eigenvalue weighted by molar-refractivity contribution is 6.02. The van der Waals surface area contributed by atoms with Gasteiger partial charge in [0, 0.05) is 31.0 Å². The van der Waals surface area contributed by atoms with Crippen LogP contribution in [0.3, 0.4) is 0 Å². The maximum atomic E-state index is 12.4. The summed E-state index contributed by atoms with van der Waals surface area (Å²) in [6.45, 7) is 5.69. The maximum Gasteiger partial charge on any atom is 0.260 e. The van der Waals surface area contributed by atoms with Crippen molar-refractivity contribution in [1.82, 2.24) is 19.4 Å². The molecule has 1 fully saturated rings. The van der Waals surface area contributed by atoms with Crippen LogP contribution in [0.4, 0.5) is 0 Å². The van der Waals surface area contributed by atoms with Crippen LogP contribution in [0.25, 0.3) is 21.9 Å². The number of rotatable bonds is 8. The topological polar surface area (TPSA) is 78.7 Å². The van der Waals surface area contributed by atoms with E-state index in [0.717, 1.165) is 39.9 Å². The second kappa shape index (κ2) is 10.1. The zero-order chi connectivity index (χ0) is 23.3. The summed E-state index contributed by atoms with van der Waals surface area (Å²) in [4.78, 5) is 23.6. The van der Waals surface area contributed by atoms with E-state index in [1.165, 1.54) is 0 Å². The van der Waals surface area contributed by atoms with Crippen molar-refractivity contribution in [1.29, 1.82) is 0 Å². The third-order valence-corrected chi connectivity index (χ3v) is 5.99. The molecule has 3 heterocycles. The van der Waals surface area contributed by atoms with E-state index in [9.17, 15) is 4.79 Å². The van der Waals surface area contributed by atoms with Gasteiger partial charge in [-0.15, -0.1) is 0 Å². The number of aromatic nitrogens is 3. The summed E-state index contributed by atoms with van der Waals surface area (Å²) in [5.74, 6) is 2.44. The lowest BCUT2D eigenvalue weighted by atomic mass is 10.2. The molecular formula is C26H28N4O4. The first-order valence-corrected chi connectivity index (χ1v) is 11.7. The SMILES string of the molecule is CCc1nc2cnc3cc(OCC(=O)N4CCOCC4)ccc3c2n1CCOc1ccccc1. The van der Waals surface area contributed by atoms with E-state index in [4.69, 9.17) is 19.2 Å². The van der Waals surface area contributed by atoms with E-state index >= 15 is 0 Å². The van der Waals surface area contributed by atoms with E-state index in [0.29, 0.717) is 45.2 Å². The molecule has 0 unspecified atom stereocenters. The van der Waals surface area contributed by atoms with E-state index in [1.807, 2.05) is 48.5 Å². The Balaban J connectivity index is 1.36. The Kier molecular flexibility index (Phi) is 6.58. The molecule has 176 valence electrons. The number of carbonyl (C=O) groups excluding carboxylic acids is 1. The number of nitrogens with zero attached hydrogens (tertiary/aromatic N) is 4. The number of morpholine rings is 1. The fraction of sp³-hybridized carbons (Fsp3) is 0.346. The van der Waals surface area contributed by atoms with E-state index in [-0.39, 0.29) is 12.5 Å². The minimum absolute atomic E-state index is 0.00247. The molecule has 1 aliphatic heterocycles. The lowest BCUT2D eigenvalue weighted by Gasteiger charge is -2.26. The number of pyridine rings is 1. The molecule has 0 atom stereocenters. The molecule has 0 bridgehead atoms. The standard InChI is InChI=1S/C26H28N4O4/c1-2-24-28-23-17-27-22-16-20(34-18-25(31)29-10-13-32-14-11-29)8-9-21(22)26(23)30(24)12-15-33-19-6-4-3-5-7-19/h3-9,16-17H,2,10-15,18H2,1H3. The van der Waals surface area contributed by atoms with Crippen molar-refractivity contribution in [3.63, 3.8) is 0 Å². The van der Waals surface area contributed by atoms with Gasteiger partial charge >= 0.3 is 0 Å². The number of carbonyl (C=O) groups is 1. The van der Waals surface area contributed by atoms with Crippen molar-refractivity contribution in [2.45, 2.75) is 19.9 Å². The number of amides is 1. The van der Waals surface area contributed by atoms with Crippen LogP contribution in [0.2, 0.25) is 0 Å². The monoisotopic (exact) mass is 460 g/mol. The lowest BCUT2D eigenvalue weighted by Crippen LogP contribution is -2.42. The molecule has 0 spiro atoms. The van der Waals surface area contributed by atoms with Gasteiger partial charge in [-0.1, -0.05) is 25.1 Å². The van der Waals surface area contributed by atoms with Gasteiger partial charge in [-0.25, -0.2) is 4.98 Å². The summed E-state index contributed by atoms with van der Waals surface area (Å²) in [6, 6.07) is 15.6. The summed E-state index contributed by atoms with van der Waals surface area (Å²) in [5, 5.41) is 0.997. The predicted octanol–water partition coefficient (Wildman–Crippen LogP) is 3.46. The van der Waals surface area contributed by atoms with Crippen LogP contribution in [0, 0.1) is 0 Å². The molecule has 2 aromatic carbocycles. The summed E-state index contributed by atoms with van der Waals surface area (Å²) in [6.07, 6.45) is 2.61. The zero-order valence-corrected chi connectivity index (χ0v) is 19.3. The Hall–Kier alpha value is -3.65. The van der Waals surface area contributed by atoms with Crippen molar-refractivity contribution in [2.75, 3.05) is 39.5 Å².